The fourth-order valence-electron chi connectivity index (χ4n) is 2.50. The van der Waals surface area contributed by atoms with Crippen LogP contribution in [0.15, 0.2) is 36.4 Å². The van der Waals surface area contributed by atoms with Gasteiger partial charge in [0.05, 0.1) is 0 Å². The van der Waals surface area contributed by atoms with Gasteiger partial charge in [0, 0.05) is 0 Å². The molecular formula is C17H19N3O. The van der Waals surface area contributed by atoms with Crippen molar-refractivity contribution in [2.45, 2.75) is 33.1 Å². The Morgan fingerprint density at radius 2 is 1.76 bits per heavy atom. The van der Waals surface area contributed by atoms with Crippen LogP contribution in [0.1, 0.15) is 37.3 Å². The highest BCUT2D eigenvalue weighted by Crippen LogP contribution is 2.34. The van der Waals surface area contributed by atoms with E-state index >= 15 is 0 Å². The Hall–Kier alpha value is -2.36. The van der Waals surface area contributed by atoms with Gasteiger partial charge in [-0.1, -0.05) is 32.0 Å². The van der Waals surface area contributed by atoms with E-state index in [4.69, 9.17) is 0 Å². The van der Waals surface area contributed by atoms with Gasteiger partial charge in [-0.3, -0.25) is 0 Å². The van der Waals surface area contributed by atoms with Gasteiger partial charge in [0.15, 0.2) is 0 Å². The minimum absolute atomic E-state index is 0.273. The highest BCUT2D eigenvalue weighted by Gasteiger charge is 2.16. The molecular weight excluding hydrogens is 262 g/mol. The van der Waals surface area contributed by atoms with Crippen LogP contribution in [-0.4, -0.2) is 20.1 Å². The first kappa shape index (κ1) is 13.6. The van der Waals surface area contributed by atoms with E-state index in [1.54, 1.807) is 0 Å². The van der Waals surface area contributed by atoms with Gasteiger partial charge in [-0.05, 0) is 48.6 Å². The molecule has 4 nitrogen and oxygen atoms in total. The Bertz CT molecular complexity index is 759. The topological polar surface area (TPSA) is 50.9 Å². The predicted molar refractivity (Wildman–Crippen MR) is 84.0 cm³/mol. The molecule has 1 aromatic heterocycles. The van der Waals surface area contributed by atoms with E-state index in [1.165, 1.54) is 4.80 Å². The zero-order valence-electron chi connectivity index (χ0n) is 12.5. The SMILES string of the molecule is CCC(C)c1cc(C)cc(-n2nc3ccccc3n2)c1O. The molecule has 3 rings (SSSR count). The second-order valence-electron chi connectivity index (χ2n) is 5.51. The van der Waals surface area contributed by atoms with Crippen LogP contribution < -0.4 is 0 Å². The number of phenolic OH excluding ortho intramolecular Hbond substituents is 1. The molecule has 0 saturated heterocycles. The lowest BCUT2D eigenvalue weighted by atomic mass is 9.95. The Balaban J connectivity index is 2.19. The third-order valence-electron chi connectivity index (χ3n) is 3.91. The van der Waals surface area contributed by atoms with E-state index in [9.17, 15) is 5.11 Å². The maximum absolute atomic E-state index is 10.6. The third-order valence-corrected chi connectivity index (χ3v) is 3.91. The van der Waals surface area contributed by atoms with Gasteiger partial charge in [0.2, 0.25) is 0 Å². The first-order valence-electron chi connectivity index (χ1n) is 7.26. The summed E-state index contributed by atoms with van der Waals surface area (Å²) in [6.45, 7) is 6.26. The van der Waals surface area contributed by atoms with Crippen LogP contribution in [0, 0.1) is 6.92 Å². The lowest BCUT2D eigenvalue weighted by Gasteiger charge is -2.15. The number of fused-ring (bicyclic) bond motifs is 1. The van der Waals surface area contributed by atoms with E-state index in [0.29, 0.717) is 11.6 Å². The van der Waals surface area contributed by atoms with Crippen LogP contribution >= 0.6 is 0 Å². The normalized spacial score (nSPS) is 12.7. The molecule has 108 valence electrons. The van der Waals surface area contributed by atoms with Crippen molar-refractivity contribution in [1.82, 2.24) is 15.0 Å². The minimum Gasteiger partial charge on any atom is -0.505 e. The summed E-state index contributed by atoms with van der Waals surface area (Å²) in [5, 5.41) is 19.5. The summed E-state index contributed by atoms with van der Waals surface area (Å²) < 4.78 is 0. The first-order valence-corrected chi connectivity index (χ1v) is 7.26. The Labute approximate surface area is 124 Å². The van der Waals surface area contributed by atoms with Crippen molar-refractivity contribution < 1.29 is 5.11 Å². The molecule has 0 amide bonds. The molecule has 0 bridgehead atoms. The number of benzene rings is 2. The van der Waals surface area contributed by atoms with Crippen molar-refractivity contribution >= 4 is 11.0 Å². The summed E-state index contributed by atoms with van der Waals surface area (Å²) >= 11 is 0. The third kappa shape index (κ3) is 2.37. The predicted octanol–water partition coefficient (Wildman–Crippen LogP) is 3.95. The number of phenols is 1. The Kier molecular flexibility index (Phi) is 3.37. The van der Waals surface area contributed by atoms with Gasteiger partial charge in [0.1, 0.15) is 22.5 Å². The van der Waals surface area contributed by atoms with Gasteiger partial charge in [0.25, 0.3) is 0 Å². The van der Waals surface area contributed by atoms with Gasteiger partial charge in [-0.25, -0.2) is 0 Å². The molecule has 1 N–H and O–H groups in total. The fourth-order valence-corrected chi connectivity index (χ4v) is 2.50. The van der Waals surface area contributed by atoms with E-state index in [2.05, 4.69) is 24.0 Å². The van der Waals surface area contributed by atoms with Crippen LogP contribution in [0.5, 0.6) is 5.75 Å². The number of aromatic hydroxyl groups is 1. The molecule has 0 fully saturated rings. The van der Waals surface area contributed by atoms with Gasteiger partial charge in [-0.2, -0.15) is 0 Å². The maximum Gasteiger partial charge on any atom is 0.146 e. The van der Waals surface area contributed by atoms with Crippen molar-refractivity contribution in [3.63, 3.8) is 0 Å². The molecule has 0 aliphatic heterocycles. The molecule has 2 aromatic carbocycles. The second kappa shape index (κ2) is 5.20. The number of hydrogen-bond donors (Lipinski definition) is 1. The summed E-state index contributed by atoms with van der Waals surface area (Å²) in [6.07, 6.45) is 0.977. The Morgan fingerprint density at radius 1 is 1.14 bits per heavy atom. The van der Waals surface area contributed by atoms with Crippen molar-refractivity contribution in [2.75, 3.05) is 0 Å². The van der Waals surface area contributed by atoms with Gasteiger partial charge in [-0.15, -0.1) is 15.0 Å². The summed E-state index contributed by atoms with van der Waals surface area (Å²) in [5.74, 6) is 0.573. The zero-order valence-corrected chi connectivity index (χ0v) is 12.5. The van der Waals surface area contributed by atoms with E-state index < -0.39 is 0 Å². The molecule has 0 aliphatic rings. The van der Waals surface area contributed by atoms with Crippen molar-refractivity contribution in [2.24, 2.45) is 0 Å². The number of nitrogens with zero attached hydrogens (tertiary/aromatic N) is 3. The fraction of sp³-hybridized carbons (Fsp3) is 0.294. The lowest BCUT2D eigenvalue weighted by molar-refractivity contribution is 0.454. The molecule has 0 saturated carbocycles. The molecule has 1 atom stereocenters. The molecule has 21 heavy (non-hydrogen) atoms. The molecule has 1 heterocycles. The van der Waals surface area contributed by atoms with Gasteiger partial charge < -0.3 is 5.11 Å². The van der Waals surface area contributed by atoms with Crippen LogP contribution in [0.4, 0.5) is 0 Å². The van der Waals surface area contributed by atoms with E-state index in [1.807, 2.05) is 43.3 Å². The van der Waals surface area contributed by atoms with Crippen LogP contribution in [0.25, 0.3) is 16.7 Å². The highest BCUT2D eigenvalue weighted by molar-refractivity contribution is 5.73. The summed E-state index contributed by atoms with van der Waals surface area (Å²) in [4.78, 5) is 1.53. The smallest absolute Gasteiger partial charge is 0.146 e. The quantitative estimate of drug-likeness (QED) is 0.791. The van der Waals surface area contributed by atoms with Crippen molar-refractivity contribution in [3.8, 4) is 11.4 Å². The summed E-state index contributed by atoms with van der Waals surface area (Å²) in [6, 6.07) is 11.7. The minimum atomic E-state index is 0.273. The Morgan fingerprint density at radius 3 is 2.33 bits per heavy atom. The largest absolute Gasteiger partial charge is 0.505 e. The number of aromatic nitrogens is 3. The molecule has 4 heteroatoms. The van der Waals surface area contributed by atoms with Crippen LogP contribution in [0.3, 0.4) is 0 Å². The maximum atomic E-state index is 10.6. The average Bonchev–Trinajstić information content (AvgIpc) is 2.92. The number of rotatable bonds is 3. The molecule has 3 aromatic rings. The summed E-state index contributed by atoms with van der Waals surface area (Å²) in [5.41, 5.74) is 4.34. The zero-order chi connectivity index (χ0) is 15.0. The van der Waals surface area contributed by atoms with E-state index in [-0.39, 0.29) is 5.75 Å². The second-order valence-corrected chi connectivity index (χ2v) is 5.51. The highest BCUT2D eigenvalue weighted by atomic mass is 16.3. The average molecular weight is 281 g/mol. The van der Waals surface area contributed by atoms with E-state index in [0.717, 1.165) is 28.6 Å². The number of aryl methyl sites for hydroxylation is 1. The van der Waals surface area contributed by atoms with Crippen LogP contribution in [-0.2, 0) is 0 Å². The lowest BCUT2D eigenvalue weighted by Crippen LogP contribution is -2.03. The monoisotopic (exact) mass is 281 g/mol. The standard InChI is InChI=1S/C17H19N3O/c1-4-12(3)13-9-11(2)10-16(17(13)21)20-18-14-7-5-6-8-15(14)19-20/h5-10,12,21H,4H2,1-3H3. The summed E-state index contributed by atoms with van der Waals surface area (Å²) in [7, 11) is 0. The first-order chi connectivity index (χ1) is 10.1. The van der Waals surface area contributed by atoms with Crippen molar-refractivity contribution in [3.05, 3.63) is 47.5 Å². The molecule has 0 radical (unpaired) electrons. The van der Waals surface area contributed by atoms with Crippen LogP contribution in [0.2, 0.25) is 0 Å². The van der Waals surface area contributed by atoms with Gasteiger partial charge >= 0.3 is 0 Å². The van der Waals surface area contributed by atoms with Crippen molar-refractivity contribution in [1.29, 1.82) is 0 Å². The number of hydrogen-bond acceptors (Lipinski definition) is 3. The molecule has 0 aliphatic carbocycles. The molecule has 1 unspecified atom stereocenters. The molecule has 0 spiro atoms.